The van der Waals surface area contributed by atoms with Crippen LogP contribution >= 0.6 is 0 Å². The van der Waals surface area contributed by atoms with Gasteiger partial charge in [0, 0.05) is 38.6 Å². The van der Waals surface area contributed by atoms with Crippen LogP contribution in [0, 0.1) is 0 Å². The van der Waals surface area contributed by atoms with Crippen molar-refractivity contribution in [1.82, 2.24) is 9.88 Å². The zero-order valence-corrected chi connectivity index (χ0v) is 16.5. The van der Waals surface area contributed by atoms with Crippen LogP contribution in [0.15, 0.2) is 84.0 Å². The van der Waals surface area contributed by atoms with Crippen molar-refractivity contribution in [2.24, 2.45) is 0 Å². The third kappa shape index (κ3) is 4.20. The highest BCUT2D eigenvalue weighted by atomic mass is 32.2. The highest BCUT2D eigenvalue weighted by Crippen LogP contribution is 2.22. The number of para-hydroxylation sites is 1. The van der Waals surface area contributed by atoms with Gasteiger partial charge in [-0.3, -0.25) is 14.1 Å². The molecule has 1 heterocycles. The molecule has 0 fully saturated rings. The molecule has 0 unspecified atom stereocenters. The van der Waals surface area contributed by atoms with E-state index in [1.807, 2.05) is 18.2 Å². The van der Waals surface area contributed by atoms with Crippen molar-refractivity contribution in [3.63, 3.8) is 0 Å². The van der Waals surface area contributed by atoms with Gasteiger partial charge in [-0.25, -0.2) is 8.42 Å². The second kappa shape index (κ2) is 8.22. The Kier molecular flexibility index (Phi) is 5.75. The molecule has 28 heavy (non-hydrogen) atoms. The summed E-state index contributed by atoms with van der Waals surface area (Å²) in [7, 11) is -0.500. The van der Waals surface area contributed by atoms with Crippen LogP contribution in [0.1, 0.15) is 15.9 Å². The van der Waals surface area contributed by atoms with E-state index in [9.17, 15) is 13.2 Å². The molecule has 3 aromatic rings. The van der Waals surface area contributed by atoms with E-state index in [1.54, 1.807) is 48.6 Å². The predicted molar refractivity (Wildman–Crippen MR) is 109 cm³/mol. The fourth-order valence-corrected chi connectivity index (χ4v) is 3.96. The molecule has 6 nitrogen and oxygen atoms in total. The fourth-order valence-electron chi connectivity index (χ4n) is 2.76. The van der Waals surface area contributed by atoms with Crippen molar-refractivity contribution in [2.75, 3.05) is 18.4 Å². The van der Waals surface area contributed by atoms with Crippen molar-refractivity contribution >= 4 is 21.6 Å². The fraction of sp³-hybridized carbons (Fsp3) is 0.143. The van der Waals surface area contributed by atoms with Gasteiger partial charge in [-0.05, 0) is 48.0 Å². The molecule has 0 radical (unpaired) electrons. The summed E-state index contributed by atoms with van der Waals surface area (Å²) >= 11 is 0. The molecule has 1 amide bonds. The smallest absolute Gasteiger partial charge is 0.264 e. The number of rotatable bonds is 6. The maximum absolute atomic E-state index is 12.8. The molecule has 0 aliphatic carbocycles. The second-order valence-electron chi connectivity index (χ2n) is 6.35. The summed E-state index contributed by atoms with van der Waals surface area (Å²) in [5.74, 6) is -0.191. The lowest BCUT2D eigenvalue weighted by Gasteiger charge is -2.20. The van der Waals surface area contributed by atoms with E-state index in [2.05, 4.69) is 4.98 Å². The Bertz CT molecular complexity index is 1040. The van der Waals surface area contributed by atoms with E-state index >= 15 is 0 Å². The summed E-state index contributed by atoms with van der Waals surface area (Å²) in [4.78, 5) is 18.3. The molecule has 0 saturated heterocycles. The van der Waals surface area contributed by atoms with E-state index in [0.29, 0.717) is 17.8 Å². The molecule has 7 heteroatoms. The monoisotopic (exact) mass is 395 g/mol. The van der Waals surface area contributed by atoms with Crippen molar-refractivity contribution in [2.45, 2.75) is 11.4 Å². The van der Waals surface area contributed by atoms with Crippen molar-refractivity contribution in [1.29, 1.82) is 0 Å². The van der Waals surface area contributed by atoms with Gasteiger partial charge in [0.1, 0.15) is 0 Å². The van der Waals surface area contributed by atoms with Gasteiger partial charge < -0.3 is 4.90 Å². The number of carbonyl (C=O) groups is 1. The van der Waals surface area contributed by atoms with Gasteiger partial charge in [0.2, 0.25) is 0 Å². The molecule has 3 rings (SSSR count). The first-order valence-electron chi connectivity index (χ1n) is 8.68. The SMILES string of the molecule is CN(Cc1cccnc1)C(=O)c1ccc(S(=O)(=O)N(C)c2ccccc2)cc1. The highest BCUT2D eigenvalue weighted by molar-refractivity contribution is 7.92. The Morgan fingerprint density at radius 1 is 0.929 bits per heavy atom. The molecular weight excluding hydrogens is 374 g/mol. The van der Waals surface area contributed by atoms with Gasteiger partial charge in [-0.2, -0.15) is 0 Å². The number of carbonyl (C=O) groups excluding carboxylic acids is 1. The molecule has 0 N–H and O–H groups in total. The van der Waals surface area contributed by atoms with Crippen LogP contribution in [-0.2, 0) is 16.6 Å². The quantitative estimate of drug-likeness (QED) is 0.643. The minimum Gasteiger partial charge on any atom is -0.337 e. The number of pyridine rings is 1. The standard InChI is InChI=1S/C21H21N3O3S/c1-23(16-17-7-6-14-22-15-17)21(25)18-10-12-20(13-11-18)28(26,27)24(2)19-8-4-3-5-9-19/h3-15H,16H2,1-2H3. The van der Waals surface area contributed by atoms with Crippen molar-refractivity contribution in [3.8, 4) is 0 Å². The number of anilines is 1. The summed E-state index contributed by atoms with van der Waals surface area (Å²) < 4.78 is 26.8. The first kappa shape index (κ1) is 19.6. The average molecular weight is 395 g/mol. The molecule has 144 valence electrons. The van der Waals surface area contributed by atoms with Gasteiger partial charge in [-0.1, -0.05) is 24.3 Å². The summed E-state index contributed by atoms with van der Waals surface area (Å²) in [5, 5.41) is 0. The van der Waals surface area contributed by atoms with Crippen LogP contribution < -0.4 is 4.31 Å². The molecule has 2 aromatic carbocycles. The topological polar surface area (TPSA) is 70.6 Å². The molecule has 0 atom stereocenters. The molecular formula is C21H21N3O3S. The molecule has 0 saturated carbocycles. The zero-order valence-electron chi connectivity index (χ0n) is 15.7. The lowest BCUT2D eigenvalue weighted by Crippen LogP contribution is -2.27. The zero-order chi connectivity index (χ0) is 20.1. The molecule has 0 spiro atoms. The van der Waals surface area contributed by atoms with Crippen LogP contribution in [-0.4, -0.2) is 38.3 Å². The van der Waals surface area contributed by atoms with Crippen molar-refractivity contribution in [3.05, 3.63) is 90.3 Å². The van der Waals surface area contributed by atoms with E-state index in [1.165, 1.54) is 35.6 Å². The summed E-state index contributed by atoms with van der Waals surface area (Å²) in [6.45, 7) is 0.420. The van der Waals surface area contributed by atoms with Gasteiger partial charge in [0.25, 0.3) is 15.9 Å². The number of hydrogen-bond acceptors (Lipinski definition) is 4. The normalized spacial score (nSPS) is 11.1. The van der Waals surface area contributed by atoms with E-state index < -0.39 is 10.0 Å². The number of benzene rings is 2. The van der Waals surface area contributed by atoms with E-state index in [4.69, 9.17) is 0 Å². The number of sulfonamides is 1. The first-order chi connectivity index (χ1) is 13.4. The van der Waals surface area contributed by atoms with Crippen molar-refractivity contribution < 1.29 is 13.2 Å². The number of amides is 1. The Labute approximate surface area is 165 Å². The third-order valence-electron chi connectivity index (χ3n) is 4.37. The number of hydrogen-bond donors (Lipinski definition) is 0. The molecule has 1 aromatic heterocycles. The molecule has 0 aliphatic rings. The summed E-state index contributed by atoms with van der Waals surface area (Å²) in [5.41, 5.74) is 1.91. The first-order valence-corrected chi connectivity index (χ1v) is 10.1. The number of nitrogens with zero attached hydrogens (tertiary/aromatic N) is 3. The summed E-state index contributed by atoms with van der Waals surface area (Å²) in [6.07, 6.45) is 3.38. The van der Waals surface area contributed by atoms with Crippen LogP contribution in [0.5, 0.6) is 0 Å². The van der Waals surface area contributed by atoms with Crippen LogP contribution in [0.25, 0.3) is 0 Å². The molecule has 0 aliphatic heterocycles. The van der Waals surface area contributed by atoms with Crippen LogP contribution in [0.2, 0.25) is 0 Å². The number of aromatic nitrogens is 1. The van der Waals surface area contributed by atoms with E-state index in [0.717, 1.165) is 5.56 Å². The maximum Gasteiger partial charge on any atom is 0.264 e. The predicted octanol–water partition coefficient (Wildman–Crippen LogP) is 3.18. The largest absolute Gasteiger partial charge is 0.337 e. The van der Waals surface area contributed by atoms with E-state index in [-0.39, 0.29) is 10.8 Å². The molecule has 0 bridgehead atoms. The summed E-state index contributed by atoms with van der Waals surface area (Å²) in [6, 6.07) is 18.5. The van der Waals surface area contributed by atoms with Gasteiger partial charge in [0.05, 0.1) is 10.6 Å². The third-order valence-corrected chi connectivity index (χ3v) is 6.17. The average Bonchev–Trinajstić information content (AvgIpc) is 2.74. The maximum atomic E-state index is 12.8. The highest BCUT2D eigenvalue weighted by Gasteiger charge is 2.22. The van der Waals surface area contributed by atoms with Gasteiger partial charge >= 0.3 is 0 Å². The van der Waals surface area contributed by atoms with Crippen LogP contribution in [0.3, 0.4) is 0 Å². The van der Waals surface area contributed by atoms with Gasteiger partial charge in [0.15, 0.2) is 0 Å². The minimum atomic E-state index is -3.70. The minimum absolute atomic E-state index is 0.130. The van der Waals surface area contributed by atoms with Gasteiger partial charge in [-0.15, -0.1) is 0 Å². The Balaban J connectivity index is 1.76. The lowest BCUT2D eigenvalue weighted by atomic mass is 10.2. The second-order valence-corrected chi connectivity index (χ2v) is 8.32. The Morgan fingerprint density at radius 3 is 2.21 bits per heavy atom. The van der Waals surface area contributed by atoms with Crippen LogP contribution in [0.4, 0.5) is 5.69 Å². The Hall–Kier alpha value is -3.19. The Morgan fingerprint density at radius 2 is 1.61 bits per heavy atom. The lowest BCUT2D eigenvalue weighted by molar-refractivity contribution is 0.0785.